The van der Waals surface area contributed by atoms with Crippen molar-refractivity contribution in [3.05, 3.63) is 40.1 Å². The predicted octanol–water partition coefficient (Wildman–Crippen LogP) is 2.84. The SMILES string of the molecule is CCCNCc1cn(-c2ccc(C)c(Br)c2)nn1. The molecule has 96 valence electrons. The lowest BCUT2D eigenvalue weighted by atomic mass is 10.2. The highest BCUT2D eigenvalue weighted by atomic mass is 79.9. The van der Waals surface area contributed by atoms with Crippen molar-refractivity contribution in [1.29, 1.82) is 0 Å². The van der Waals surface area contributed by atoms with Gasteiger partial charge in [0.15, 0.2) is 0 Å². The fraction of sp³-hybridized carbons (Fsp3) is 0.385. The third-order valence-corrected chi connectivity index (χ3v) is 3.55. The highest BCUT2D eigenvalue weighted by Crippen LogP contribution is 2.19. The number of aryl methyl sites for hydroxylation is 1. The normalized spacial score (nSPS) is 10.8. The predicted molar refractivity (Wildman–Crippen MR) is 75.8 cm³/mol. The molecular weight excluding hydrogens is 292 g/mol. The molecule has 5 heteroatoms. The summed E-state index contributed by atoms with van der Waals surface area (Å²) >= 11 is 3.53. The van der Waals surface area contributed by atoms with E-state index in [1.165, 1.54) is 5.56 Å². The summed E-state index contributed by atoms with van der Waals surface area (Å²) in [4.78, 5) is 0. The van der Waals surface area contributed by atoms with E-state index >= 15 is 0 Å². The second-order valence-corrected chi connectivity index (χ2v) is 5.12. The highest BCUT2D eigenvalue weighted by Gasteiger charge is 2.04. The van der Waals surface area contributed by atoms with Crippen LogP contribution in [-0.2, 0) is 6.54 Å². The summed E-state index contributed by atoms with van der Waals surface area (Å²) in [7, 11) is 0. The lowest BCUT2D eigenvalue weighted by molar-refractivity contribution is 0.662. The zero-order valence-electron chi connectivity index (χ0n) is 10.7. The van der Waals surface area contributed by atoms with Gasteiger partial charge in [-0.3, -0.25) is 0 Å². The number of halogens is 1. The topological polar surface area (TPSA) is 42.7 Å². The molecule has 0 atom stereocenters. The summed E-state index contributed by atoms with van der Waals surface area (Å²) in [6, 6.07) is 6.15. The van der Waals surface area contributed by atoms with Gasteiger partial charge in [-0.2, -0.15) is 0 Å². The van der Waals surface area contributed by atoms with Crippen LogP contribution in [0.25, 0.3) is 5.69 Å². The van der Waals surface area contributed by atoms with Gasteiger partial charge < -0.3 is 5.32 Å². The van der Waals surface area contributed by atoms with Gasteiger partial charge in [-0.15, -0.1) is 5.10 Å². The third-order valence-electron chi connectivity index (χ3n) is 2.69. The van der Waals surface area contributed by atoms with E-state index in [1.54, 1.807) is 4.68 Å². The average Bonchev–Trinajstić information content (AvgIpc) is 2.82. The van der Waals surface area contributed by atoms with Crippen LogP contribution in [0.15, 0.2) is 28.9 Å². The minimum absolute atomic E-state index is 0.765. The Balaban J connectivity index is 2.11. The molecule has 0 bridgehead atoms. The van der Waals surface area contributed by atoms with Crippen LogP contribution >= 0.6 is 15.9 Å². The summed E-state index contributed by atoms with van der Waals surface area (Å²) in [5.41, 5.74) is 3.19. The first kappa shape index (κ1) is 13.2. The minimum Gasteiger partial charge on any atom is -0.311 e. The molecule has 2 aromatic rings. The maximum absolute atomic E-state index is 4.15. The van der Waals surface area contributed by atoms with E-state index in [1.807, 2.05) is 18.3 Å². The monoisotopic (exact) mass is 308 g/mol. The number of nitrogens with zero attached hydrogens (tertiary/aromatic N) is 3. The summed E-state index contributed by atoms with van der Waals surface area (Å²) in [6.45, 7) is 5.98. The van der Waals surface area contributed by atoms with Gasteiger partial charge in [-0.25, -0.2) is 4.68 Å². The standard InChI is InChI=1S/C13H17BrN4/c1-3-6-15-8-11-9-18(17-16-11)12-5-4-10(2)13(14)7-12/h4-5,7,9,15H,3,6,8H2,1-2H3. The Labute approximate surface area is 116 Å². The Hall–Kier alpha value is -1.20. The van der Waals surface area contributed by atoms with Crippen LogP contribution < -0.4 is 5.32 Å². The molecule has 0 radical (unpaired) electrons. The van der Waals surface area contributed by atoms with Gasteiger partial charge >= 0.3 is 0 Å². The van der Waals surface area contributed by atoms with Crippen LogP contribution in [-0.4, -0.2) is 21.5 Å². The molecule has 0 aliphatic heterocycles. The van der Waals surface area contributed by atoms with Crippen LogP contribution in [0.3, 0.4) is 0 Å². The number of hydrogen-bond donors (Lipinski definition) is 1. The lowest BCUT2D eigenvalue weighted by Crippen LogP contribution is -2.13. The molecule has 0 amide bonds. The molecule has 1 aromatic heterocycles. The third kappa shape index (κ3) is 3.17. The van der Waals surface area contributed by atoms with Crippen molar-refractivity contribution in [3.63, 3.8) is 0 Å². The molecule has 1 N–H and O–H groups in total. The second-order valence-electron chi connectivity index (χ2n) is 4.26. The van der Waals surface area contributed by atoms with Crippen molar-refractivity contribution in [1.82, 2.24) is 20.3 Å². The molecule has 0 spiro atoms. The highest BCUT2D eigenvalue weighted by molar-refractivity contribution is 9.10. The van der Waals surface area contributed by atoms with Crippen molar-refractivity contribution in [2.45, 2.75) is 26.8 Å². The van der Waals surface area contributed by atoms with Gasteiger partial charge in [-0.05, 0) is 37.6 Å². The van der Waals surface area contributed by atoms with E-state index in [4.69, 9.17) is 0 Å². The van der Waals surface area contributed by atoms with Crippen LogP contribution in [0.5, 0.6) is 0 Å². The fourth-order valence-electron chi connectivity index (χ4n) is 1.62. The molecule has 1 heterocycles. The first-order valence-electron chi connectivity index (χ1n) is 6.09. The average molecular weight is 309 g/mol. The Kier molecular flexibility index (Phi) is 4.49. The van der Waals surface area contributed by atoms with Crippen LogP contribution in [0.4, 0.5) is 0 Å². The van der Waals surface area contributed by atoms with E-state index in [2.05, 4.69) is 51.5 Å². The Morgan fingerprint density at radius 1 is 1.39 bits per heavy atom. The maximum atomic E-state index is 4.15. The van der Waals surface area contributed by atoms with E-state index in [0.29, 0.717) is 0 Å². The lowest BCUT2D eigenvalue weighted by Gasteiger charge is -2.03. The number of rotatable bonds is 5. The van der Waals surface area contributed by atoms with Gasteiger partial charge in [0.25, 0.3) is 0 Å². The molecule has 2 rings (SSSR count). The van der Waals surface area contributed by atoms with Crippen molar-refractivity contribution in [2.75, 3.05) is 6.54 Å². The van der Waals surface area contributed by atoms with Crippen LogP contribution in [0.2, 0.25) is 0 Å². The van der Waals surface area contributed by atoms with Crippen LogP contribution in [0, 0.1) is 6.92 Å². The van der Waals surface area contributed by atoms with Gasteiger partial charge in [0.1, 0.15) is 0 Å². The number of aromatic nitrogens is 3. The Bertz CT molecular complexity index is 521. The van der Waals surface area contributed by atoms with Crippen molar-refractivity contribution in [3.8, 4) is 5.69 Å². The Morgan fingerprint density at radius 2 is 2.22 bits per heavy atom. The van der Waals surface area contributed by atoms with E-state index < -0.39 is 0 Å². The molecule has 1 aromatic carbocycles. The molecule has 0 aliphatic rings. The quantitative estimate of drug-likeness (QED) is 0.864. The summed E-state index contributed by atoms with van der Waals surface area (Å²) in [5, 5.41) is 11.6. The van der Waals surface area contributed by atoms with Crippen molar-refractivity contribution in [2.24, 2.45) is 0 Å². The van der Waals surface area contributed by atoms with Gasteiger partial charge in [0.05, 0.1) is 17.6 Å². The molecule has 18 heavy (non-hydrogen) atoms. The van der Waals surface area contributed by atoms with Gasteiger partial charge in [0.2, 0.25) is 0 Å². The zero-order valence-corrected chi connectivity index (χ0v) is 12.2. The molecule has 0 fully saturated rings. The molecule has 0 unspecified atom stereocenters. The summed E-state index contributed by atoms with van der Waals surface area (Å²) in [6.07, 6.45) is 3.08. The largest absolute Gasteiger partial charge is 0.311 e. The van der Waals surface area contributed by atoms with E-state index in [0.717, 1.165) is 35.4 Å². The van der Waals surface area contributed by atoms with E-state index in [9.17, 15) is 0 Å². The summed E-state index contributed by atoms with van der Waals surface area (Å²) in [5.74, 6) is 0. The molecular formula is C13H17BrN4. The molecule has 0 saturated heterocycles. The van der Waals surface area contributed by atoms with Crippen LogP contribution in [0.1, 0.15) is 24.6 Å². The number of benzene rings is 1. The second kappa shape index (κ2) is 6.11. The molecule has 0 saturated carbocycles. The summed E-state index contributed by atoms with van der Waals surface area (Å²) < 4.78 is 2.88. The minimum atomic E-state index is 0.765. The number of nitrogens with one attached hydrogen (secondary N) is 1. The zero-order chi connectivity index (χ0) is 13.0. The van der Waals surface area contributed by atoms with Crippen molar-refractivity contribution < 1.29 is 0 Å². The smallest absolute Gasteiger partial charge is 0.0969 e. The Morgan fingerprint density at radius 3 is 2.94 bits per heavy atom. The maximum Gasteiger partial charge on any atom is 0.0969 e. The van der Waals surface area contributed by atoms with E-state index in [-0.39, 0.29) is 0 Å². The van der Waals surface area contributed by atoms with Gasteiger partial charge in [-0.1, -0.05) is 34.1 Å². The molecule has 0 aliphatic carbocycles. The first-order valence-corrected chi connectivity index (χ1v) is 6.88. The number of hydrogen-bond acceptors (Lipinski definition) is 3. The molecule has 4 nitrogen and oxygen atoms in total. The van der Waals surface area contributed by atoms with Crippen molar-refractivity contribution >= 4 is 15.9 Å². The fourth-order valence-corrected chi connectivity index (χ4v) is 1.99. The van der Waals surface area contributed by atoms with Gasteiger partial charge in [0, 0.05) is 11.0 Å². The first-order chi connectivity index (χ1) is 8.70.